The number of aryl methyl sites for hydroxylation is 1. The summed E-state index contributed by atoms with van der Waals surface area (Å²) in [5.41, 5.74) is 5.82. The standard InChI is InChI=1S/C29H42O/c1-3-5-7-8-9-10-12-24-13-14-28-23-27(16-15-26(28)22-24)25-17-19-29(20-18-25)30-21-11-6-4-2/h15-20,23-24H,3-14,21-22H2,1-2H3. The topological polar surface area (TPSA) is 9.23 Å². The van der Waals surface area contributed by atoms with Gasteiger partial charge < -0.3 is 4.74 Å². The lowest BCUT2D eigenvalue weighted by molar-refractivity contribution is 0.306. The molecule has 1 aliphatic carbocycles. The van der Waals surface area contributed by atoms with Crippen LogP contribution in [0.1, 0.15) is 95.6 Å². The van der Waals surface area contributed by atoms with Crippen molar-refractivity contribution < 1.29 is 4.74 Å². The molecule has 164 valence electrons. The van der Waals surface area contributed by atoms with Crippen molar-refractivity contribution in [3.63, 3.8) is 0 Å². The van der Waals surface area contributed by atoms with Gasteiger partial charge in [0.2, 0.25) is 0 Å². The highest BCUT2D eigenvalue weighted by Gasteiger charge is 2.18. The minimum absolute atomic E-state index is 0.825. The lowest BCUT2D eigenvalue weighted by Gasteiger charge is -2.25. The molecule has 1 nitrogen and oxygen atoms in total. The van der Waals surface area contributed by atoms with Crippen molar-refractivity contribution in [2.75, 3.05) is 6.61 Å². The zero-order valence-corrected chi connectivity index (χ0v) is 19.4. The van der Waals surface area contributed by atoms with Gasteiger partial charge in [-0.15, -0.1) is 0 Å². The summed E-state index contributed by atoms with van der Waals surface area (Å²) in [5.74, 6) is 1.89. The Bertz CT molecular complexity index is 731. The van der Waals surface area contributed by atoms with Gasteiger partial charge in [0, 0.05) is 0 Å². The fourth-order valence-corrected chi connectivity index (χ4v) is 4.76. The average Bonchev–Trinajstić information content (AvgIpc) is 2.79. The Labute approximate surface area is 185 Å². The van der Waals surface area contributed by atoms with Crippen LogP contribution in [0.25, 0.3) is 11.1 Å². The summed E-state index contributed by atoms with van der Waals surface area (Å²) >= 11 is 0. The number of benzene rings is 2. The first-order valence-electron chi connectivity index (χ1n) is 12.6. The third-order valence-corrected chi connectivity index (χ3v) is 6.71. The number of rotatable bonds is 13. The molecule has 0 aromatic heterocycles. The molecule has 1 heteroatoms. The van der Waals surface area contributed by atoms with E-state index in [0.717, 1.165) is 24.7 Å². The van der Waals surface area contributed by atoms with Crippen molar-refractivity contribution in [2.45, 2.75) is 97.3 Å². The molecule has 0 spiro atoms. The summed E-state index contributed by atoms with van der Waals surface area (Å²) in [6, 6.07) is 15.8. The second-order valence-electron chi connectivity index (χ2n) is 9.23. The Morgan fingerprint density at radius 1 is 0.733 bits per heavy atom. The second kappa shape index (κ2) is 12.8. The average molecular weight is 407 g/mol. The van der Waals surface area contributed by atoms with E-state index in [1.165, 1.54) is 88.2 Å². The molecule has 0 fully saturated rings. The molecule has 0 aliphatic heterocycles. The van der Waals surface area contributed by atoms with E-state index >= 15 is 0 Å². The van der Waals surface area contributed by atoms with Gasteiger partial charge in [-0.2, -0.15) is 0 Å². The van der Waals surface area contributed by atoms with Gasteiger partial charge in [0.1, 0.15) is 5.75 Å². The summed E-state index contributed by atoms with van der Waals surface area (Å²) in [6.45, 7) is 5.35. The minimum Gasteiger partial charge on any atom is -0.494 e. The van der Waals surface area contributed by atoms with Crippen LogP contribution in [-0.4, -0.2) is 6.61 Å². The van der Waals surface area contributed by atoms with Crippen molar-refractivity contribution in [1.82, 2.24) is 0 Å². The Morgan fingerprint density at radius 2 is 1.43 bits per heavy atom. The van der Waals surface area contributed by atoms with Crippen molar-refractivity contribution >= 4 is 0 Å². The fraction of sp³-hybridized carbons (Fsp3) is 0.586. The second-order valence-corrected chi connectivity index (χ2v) is 9.23. The van der Waals surface area contributed by atoms with Gasteiger partial charge in [-0.3, -0.25) is 0 Å². The molecule has 1 atom stereocenters. The predicted octanol–water partition coefficient (Wildman–Crippen LogP) is 8.78. The van der Waals surface area contributed by atoms with Crippen LogP contribution in [0.3, 0.4) is 0 Å². The molecule has 0 heterocycles. The maximum atomic E-state index is 5.86. The Balaban J connectivity index is 1.48. The van der Waals surface area contributed by atoms with Crippen LogP contribution >= 0.6 is 0 Å². The molecule has 2 aromatic carbocycles. The van der Waals surface area contributed by atoms with E-state index in [1.54, 1.807) is 11.1 Å². The molecule has 0 bridgehead atoms. The van der Waals surface area contributed by atoms with Crippen molar-refractivity contribution in [3.05, 3.63) is 53.6 Å². The maximum Gasteiger partial charge on any atom is 0.119 e. The molecule has 0 N–H and O–H groups in total. The quantitative estimate of drug-likeness (QED) is 0.302. The molecule has 1 aliphatic rings. The summed E-state index contributed by atoms with van der Waals surface area (Å²) in [7, 11) is 0. The van der Waals surface area contributed by atoms with Crippen molar-refractivity contribution in [2.24, 2.45) is 5.92 Å². The van der Waals surface area contributed by atoms with Crippen LogP contribution in [0.5, 0.6) is 5.75 Å². The molecule has 0 amide bonds. The van der Waals surface area contributed by atoms with E-state index in [1.807, 2.05) is 0 Å². The molecule has 0 saturated carbocycles. The number of unbranched alkanes of at least 4 members (excludes halogenated alkanes) is 7. The molecule has 0 saturated heterocycles. The Kier molecular flexibility index (Phi) is 9.80. The lowest BCUT2D eigenvalue weighted by atomic mass is 9.80. The van der Waals surface area contributed by atoms with Crippen molar-refractivity contribution in [3.8, 4) is 16.9 Å². The van der Waals surface area contributed by atoms with E-state index < -0.39 is 0 Å². The van der Waals surface area contributed by atoms with E-state index in [0.29, 0.717) is 0 Å². The summed E-state index contributed by atoms with van der Waals surface area (Å²) in [5, 5.41) is 0. The van der Waals surface area contributed by atoms with Crippen LogP contribution in [0.15, 0.2) is 42.5 Å². The third kappa shape index (κ3) is 7.18. The number of hydrogen-bond donors (Lipinski definition) is 0. The lowest BCUT2D eigenvalue weighted by Crippen LogP contribution is -2.14. The van der Waals surface area contributed by atoms with Gasteiger partial charge in [0.25, 0.3) is 0 Å². The van der Waals surface area contributed by atoms with Gasteiger partial charge in [-0.25, -0.2) is 0 Å². The number of hydrogen-bond acceptors (Lipinski definition) is 1. The van der Waals surface area contributed by atoms with Gasteiger partial charge in [-0.05, 0) is 66.0 Å². The van der Waals surface area contributed by atoms with Crippen LogP contribution in [-0.2, 0) is 12.8 Å². The van der Waals surface area contributed by atoms with E-state index in [-0.39, 0.29) is 0 Å². The van der Waals surface area contributed by atoms with Crippen LogP contribution in [0.2, 0.25) is 0 Å². The molecular formula is C29H42O. The SMILES string of the molecule is CCCCCCCCC1CCc2cc(-c3ccc(OCCCCC)cc3)ccc2C1. The first-order chi connectivity index (χ1) is 14.8. The summed E-state index contributed by atoms with van der Waals surface area (Å²) in [4.78, 5) is 0. The first-order valence-corrected chi connectivity index (χ1v) is 12.6. The zero-order valence-electron chi connectivity index (χ0n) is 19.4. The first kappa shape index (κ1) is 22.9. The molecule has 2 aromatic rings. The van der Waals surface area contributed by atoms with E-state index in [4.69, 9.17) is 4.74 Å². The highest BCUT2D eigenvalue weighted by Crippen LogP contribution is 2.32. The molecule has 3 rings (SSSR count). The Morgan fingerprint density at radius 3 is 2.23 bits per heavy atom. The van der Waals surface area contributed by atoms with Gasteiger partial charge in [0.05, 0.1) is 6.61 Å². The van der Waals surface area contributed by atoms with Gasteiger partial charge >= 0.3 is 0 Å². The zero-order chi connectivity index (χ0) is 21.0. The van der Waals surface area contributed by atoms with Gasteiger partial charge in [-0.1, -0.05) is 102 Å². The molecule has 0 radical (unpaired) electrons. The van der Waals surface area contributed by atoms with Crippen LogP contribution in [0, 0.1) is 5.92 Å². The van der Waals surface area contributed by atoms with E-state index in [9.17, 15) is 0 Å². The minimum atomic E-state index is 0.825. The summed E-state index contributed by atoms with van der Waals surface area (Å²) < 4.78 is 5.86. The highest BCUT2D eigenvalue weighted by molar-refractivity contribution is 5.66. The largest absolute Gasteiger partial charge is 0.494 e. The number of fused-ring (bicyclic) bond motifs is 1. The van der Waals surface area contributed by atoms with Crippen LogP contribution < -0.4 is 4.74 Å². The summed E-state index contributed by atoms with van der Waals surface area (Å²) in [6.07, 6.45) is 17.4. The number of ether oxygens (including phenoxy) is 1. The molecule has 1 unspecified atom stereocenters. The normalized spacial score (nSPS) is 15.7. The van der Waals surface area contributed by atoms with Crippen molar-refractivity contribution in [1.29, 1.82) is 0 Å². The van der Waals surface area contributed by atoms with Crippen LogP contribution in [0.4, 0.5) is 0 Å². The highest BCUT2D eigenvalue weighted by atomic mass is 16.5. The predicted molar refractivity (Wildman–Crippen MR) is 130 cm³/mol. The molecular weight excluding hydrogens is 364 g/mol. The molecule has 30 heavy (non-hydrogen) atoms. The van der Waals surface area contributed by atoms with Gasteiger partial charge in [0.15, 0.2) is 0 Å². The Hall–Kier alpha value is -1.76. The third-order valence-electron chi connectivity index (χ3n) is 6.71. The fourth-order valence-electron chi connectivity index (χ4n) is 4.76. The monoisotopic (exact) mass is 406 g/mol. The smallest absolute Gasteiger partial charge is 0.119 e. The van der Waals surface area contributed by atoms with E-state index in [2.05, 4.69) is 56.3 Å². The maximum absolute atomic E-state index is 5.86.